The summed E-state index contributed by atoms with van der Waals surface area (Å²) in [5.74, 6) is -0.523. The van der Waals surface area contributed by atoms with Crippen LogP contribution in [0, 0.1) is 0 Å². The number of ether oxygens (including phenoxy) is 1. The minimum atomic E-state index is -0.639. The number of rotatable bonds is 6. The lowest BCUT2D eigenvalue weighted by molar-refractivity contribution is -0.121. The lowest BCUT2D eigenvalue weighted by Crippen LogP contribution is -2.28. The van der Waals surface area contributed by atoms with Crippen LogP contribution in [0.4, 0.5) is 0 Å². The van der Waals surface area contributed by atoms with Crippen molar-refractivity contribution in [3.63, 3.8) is 0 Å². The Bertz CT molecular complexity index is 1240. The molecule has 0 radical (unpaired) electrons. The maximum absolute atomic E-state index is 12.8. The van der Waals surface area contributed by atoms with Crippen molar-refractivity contribution in [2.24, 2.45) is 0 Å². The van der Waals surface area contributed by atoms with E-state index in [1.165, 1.54) is 10.6 Å². The Morgan fingerprint density at radius 3 is 2.33 bits per heavy atom. The van der Waals surface area contributed by atoms with Crippen molar-refractivity contribution in [3.8, 4) is 11.1 Å². The van der Waals surface area contributed by atoms with E-state index in [4.69, 9.17) is 16.3 Å². The highest BCUT2D eigenvalue weighted by Gasteiger charge is 2.19. The summed E-state index contributed by atoms with van der Waals surface area (Å²) in [6.07, 6.45) is 1.77. The molecule has 1 unspecified atom stereocenters. The second kappa shape index (κ2) is 10.1. The van der Waals surface area contributed by atoms with Crippen LogP contribution < -0.4 is 5.56 Å². The average molecular weight is 531 g/mol. The Morgan fingerprint density at radius 1 is 1.06 bits per heavy atom. The Hall–Kier alpha value is -2.70. The summed E-state index contributed by atoms with van der Waals surface area (Å²) in [6, 6.07) is 14.8. The van der Waals surface area contributed by atoms with Crippen LogP contribution in [-0.2, 0) is 16.0 Å². The molecule has 0 aliphatic heterocycles. The number of Topliss-reactive ketones (excluding diaryl/α,β-unsaturated/α-hetero) is 1. The first-order valence-electron chi connectivity index (χ1n) is 10.5. The third-order valence-corrected chi connectivity index (χ3v) is 5.96. The molecule has 0 aliphatic carbocycles. The van der Waals surface area contributed by atoms with E-state index in [9.17, 15) is 14.4 Å². The van der Waals surface area contributed by atoms with Gasteiger partial charge in [0.25, 0.3) is 5.56 Å². The monoisotopic (exact) mass is 529 g/mol. The van der Waals surface area contributed by atoms with Gasteiger partial charge >= 0.3 is 5.97 Å². The molecule has 0 saturated carbocycles. The van der Waals surface area contributed by atoms with Crippen molar-refractivity contribution in [1.82, 2.24) is 4.57 Å². The fourth-order valence-corrected chi connectivity index (χ4v) is 3.94. The van der Waals surface area contributed by atoms with Crippen molar-refractivity contribution in [1.29, 1.82) is 0 Å². The van der Waals surface area contributed by atoms with Gasteiger partial charge in [0.1, 0.15) is 5.60 Å². The highest BCUT2D eigenvalue weighted by molar-refractivity contribution is 9.10. The van der Waals surface area contributed by atoms with Crippen LogP contribution in [0.25, 0.3) is 11.1 Å². The number of halogens is 2. The van der Waals surface area contributed by atoms with Crippen molar-refractivity contribution in [2.45, 2.75) is 45.8 Å². The molecule has 0 aliphatic rings. The number of hydrogen-bond acceptors (Lipinski definition) is 4. The first-order chi connectivity index (χ1) is 15.4. The normalized spacial score (nSPS) is 12.3. The minimum absolute atomic E-state index is 0.112. The first-order valence-corrected chi connectivity index (χ1v) is 11.6. The zero-order valence-electron chi connectivity index (χ0n) is 18.9. The minimum Gasteiger partial charge on any atom is -0.456 e. The molecule has 1 aromatic heterocycles. The van der Waals surface area contributed by atoms with E-state index in [1.54, 1.807) is 55.6 Å². The Labute approximate surface area is 206 Å². The largest absolute Gasteiger partial charge is 0.456 e. The van der Waals surface area contributed by atoms with Gasteiger partial charge in [0.05, 0.1) is 11.6 Å². The number of aromatic nitrogens is 1. The van der Waals surface area contributed by atoms with Gasteiger partial charge in [-0.25, -0.2) is 4.79 Å². The van der Waals surface area contributed by atoms with E-state index in [0.717, 1.165) is 15.6 Å². The maximum atomic E-state index is 12.8. The summed E-state index contributed by atoms with van der Waals surface area (Å²) in [4.78, 5) is 37.8. The zero-order valence-corrected chi connectivity index (χ0v) is 21.2. The zero-order chi connectivity index (χ0) is 24.3. The van der Waals surface area contributed by atoms with Crippen LogP contribution in [0.1, 0.15) is 49.7 Å². The lowest BCUT2D eigenvalue weighted by atomic mass is 10.0. The van der Waals surface area contributed by atoms with E-state index in [0.29, 0.717) is 16.1 Å². The Balaban J connectivity index is 1.73. The molecule has 1 heterocycles. The van der Waals surface area contributed by atoms with E-state index >= 15 is 0 Å². The van der Waals surface area contributed by atoms with E-state index in [1.807, 2.05) is 26.8 Å². The van der Waals surface area contributed by atoms with Crippen LogP contribution in [-0.4, -0.2) is 21.9 Å². The molecule has 2 aromatic carbocycles. The summed E-state index contributed by atoms with van der Waals surface area (Å²) in [5, 5.41) is 0.568. The number of nitrogens with zero attached hydrogens (tertiary/aromatic N) is 1. The number of carbonyl (C=O) groups is 2. The molecule has 172 valence electrons. The van der Waals surface area contributed by atoms with Gasteiger partial charge in [-0.05, 0) is 80.8 Å². The van der Waals surface area contributed by atoms with E-state index < -0.39 is 17.6 Å². The molecular weight excluding hydrogens is 506 g/mol. The summed E-state index contributed by atoms with van der Waals surface area (Å²) in [5.41, 5.74) is 1.84. The highest BCUT2D eigenvalue weighted by Crippen LogP contribution is 2.30. The predicted molar refractivity (Wildman–Crippen MR) is 134 cm³/mol. The van der Waals surface area contributed by atoms with Crippen LogP contribution >= 0.6 is 27.5 Å². The summed E-state index contributed by atoms with van der Waals surface area (Å²) < 4.78 is 7.59. The second-order valence-corrected chi connectivity index (χ2v) is 10.1. The van der Waals surface area contributed by atoms with Crippen LogP contribution in [0.2, 0.25) is 5.02 Å². The standard InChI is InChI=1S/C26H25BrClNO4/c1-16(23(30)13-17-5-7-18(8-6-17)25(32)33-26(2,3)4)29-12-11-19(14-24(29)31)21-15-20(28)9-10-22(21)27/h5-12,14-16H,13H2,1-4H3. The third-order valence-electron chi connectivity index (χ3n) is 5.04. The number of pyridine rings is 1. The fourth-order valence-electron chi connectivity index (χ4n) is 3.30. The van der Waals surface area contributed by atoms with Gasteiger partial charge in [0.15, 0.2) is 5.78 Å². The smallest absolute Gasteiger partial charge is 0.338 e. The number of ketones is 1. The molecule has 0 spiro atoms. The van der Waals surface area contributed by atoms with Gasteiger partial charge in [-0.2, -0.15) is 0 Å². The Kier molecular flexibility index (Phi) is 7.60. The molecule has 0 fully saturated rings. The number of hydrogen-bond donors (Lipinski definition) is 0. The predicted octanol–water partition coefficient (Wildman–Crippen LogP) is 6.26. The highest BCUT2D eigenvalue weighted by atomic mass is 79.9. The van der Waals surface area contributed by atoms with Gasteiger partial charge in [0, 0.05) is 28.2 Å². The SMILES string of the molecule is CC(C(=O)Cc1ccc(C(=O)OC(C)(C)C)cc1)n1ccc(-c2cc(Cl)ccc2Br)cc1=O. The molecule has 3 rings (SSSR count). The van der Waals surface area contributed by atoms with Crippen molar-refractivity contribution in [2.75, 3.05) is 0 Å². The topological polar surface area (TPSA) is 65.4 Å². The van der Waals surface area contributed by atoms with Crippen LogP contribution in [0.3, 0.4) is 0 Å². The summed E-state index contributed by atoms with van der Waals surface area (Å²) in [6.45, 7) is 7.12. The van der Waals surface area contributed by atoms with Crippen molar-refractivity contribution < 1.29 is 14.3 Å². The summed E-state index contributed by atoms with van der Waals surface area (Å²) in [7, 11) is 0. The molecule has 3 aromatic rings. The van der Waals surface area contributed by atoms with E-state index in [2.05, 4.69) is 15.9 Å². The van der Waals surface area contributed by atoms with Crippen molar-refractivity contribution in [3.05, 3.63) is 91.8 Å². The molecule has 0 saturated heterocycles. The van der Waals surface area contributed by atoms with Crippen LogP contribution in [0.15, 0.2) is 70.1 Å². The van der Waals surface area contributed by atoms with Crippen molar-refractivity contribution >= 4 is 39.3 Å². The lowest BCUT2D eigenvalue weighted by Gasteiger charge is -2.19. The second-order valence-electron chi connectivity index (χ2n) is 8.80. The van der Waals surface area contributed by atoms with E-state index in [-0.39, 0.29) is 17.8 Å². The van der Waals surface area contributed by atoms with Gasteiger partial charge in [0.2, 0.25) is 0 Å². The quantitative estimate of drug-likeness (QED) is 0.353. The van der Waals surface area contributed by atoms with Gasteiger partial charge in [-0.1, -0.05) is 39.7 Å². The average Bonchev–Trinajstić information content (AvgIpc) is 2.74. The first kappa shape index (κ1) is 24.9. The van der Waals surface area contributed by atoms with Gasteiger partial charge in [-0.3, -0.25) is 9.59 Å². The van der Waals surface area contributed by atoms with Gasteiger partial charge < -0.3 is 9.30 Å². The fraction of sp³-hybridized carbons (Fsp3) is 0.269. The van der Waals surface area contributed by atoms with Gasteiger partial charge in [-0.15, -0.1) is 0 Å². The number of carbonyl (C=O) groups excluding carboxylic acids is 2. The molecule has 0 bridgehead atoms. The molecule has 0 N–H and O–H groups in total. The number of benzene rings is 2. The maximum Gasteiger partial charge on any atom is 0.338 e. The number of esters is 1. The molecule has 0 amide bonds. The molecule has 5 nitrogen and oxygen atoms in total. The molecule has 1 atom stereocenters. The third kappa shape index (κ3) is 6.42. The van der Waals surface area contributed by atoms with Crippen LogP contribution in [0.5, 0.6) is 0 Å². The Morgan fingerprint density at radius 2 is 1.73 bits per heavy atom. The molecule has 7 heteroatoms. The summed E-state index contributed by atoms with van der Waals surface area (Å²) >= 11 is 9.56. The molecule has 33 heavy (non-hydrogen) atoms. The molecular formula is C26H25BrClNO4.